The molecule has 156 valence electrons. The maximum atomic E-state index is 6.18. The number of hydrogen-bond acceptors (Lipinski definition) is 6. The molecule has 1 aliphatic heterocycles. The predicted octanol–water partition coefficient (Wildman–Crippen LogP) is 6.57. The largest absolute Gasteiger partial charge is 0.370 e. The SMILES string of the molecule is CCCCCSc1ncnc2c1sc1nc(CC(C)C)c3c(c12)CC(C)(C)OC3. The topological polar surface area (TPSA) is 47.9 Å². The summed E-state index contributed by atoms with van der Waals surface area (Å²) in [6.45, 7) is 11.8. The van der Waals surface area contributed by atoms with E-state index in [-0.39, 0.29) is 5.60 Å². The number of thiophene rings is 1. The zero-order chi connectivity index (χ0) is 20.6. The standard InChI is InChI=1S/C23H31N3OS2/c1-6-7-8-9-28-22-20-19(24-13-25-22)18-15-11-23(4,5)27-12-16(15)17(10-14(2)3)26-21(18)29-20/h13-14H,6-12H2,1-5H3. The summed E-state index contributed by atoms with van der Waals surface area (Å²) in [6.07, 6.45) is 7.37. The molecular formula is C23H31N3OS2. The van der Waals surface area contributed by atoms with Crippen LogP contribution in [0.1, 0.15) is 70.7 Å². The van der Waals surface area contributed by atoms with Gasteiger partial charge in [-0.2, -0.15) is 0 Å². The van der Waals surface area contributed by atoms with Gasteiger partial charge in [-0.1, -0.05) is 33.6 Å². The summed E-state index contributed by atoms with van der Waals surface area (Å²) in [5.41, 5.74) is 4.81. The Morgan fingerprint density at radius 2 is 2.03 bits per heavy atom. The molecule has 29 heavy (non-hydrogen) atoms. The third kappa shape index (κ3) is 4.30. The van der Waals surface area contributed by atoms with E-state index < -0.39 is 0 Å². The molecule has 0 bridgehead atoms. The Hall–Kier alpha value is -1.24. The summed E-state index contributed by atoms with van der Waals surface area (Å²) in [5, 5.41) is 2.35. The number of nitrogens with zero attached hydrogens (tertiary/aromatic N) is 3. The second-order valence-electron chi connectivity index (χ2n) is 9.03. The fourth-order valence-corrected chi connectivity index (χ4v) is 6.29. The minimum absolute atomic E-state index is 0.157. The Labute approximate surface area is 181 Å². The van der Waals surface area contributed by atoms with E-state index in [2.05, 4.69) is 39.6 Å². The Bertz CT molecular complexity index is 1030. The van der Waals surface area contributed by atoms with E-state index in [1.54, 1.807) is 17.7 Å². The minimum atomic E-state index is -0.157. The first-order valence-electron chi connectivity index (χ1n) is 10.7. The molecule has 0 aliphatic carbocycles. The van der Waals surface area contributed by atoms with E-state index in [9.17, 15) is 0 Å². The van der Waals surface area contributed by atoms with Gasteiger partial charge in [0.1, 0.15) is 16.2 Å². The summed E-state index contributed by atoms with van der Waals surface area (Å²) < 4.78 is 7.38. The molecule has 0 amide bonds. The quantitative estimate of drug-likeness (QED) is 0.241. The fourth-order valence-electron chi connectivity index (χ4n) is 4.03. The highest BCUT2D eigenvalue weighted by Gasteiger charge is 2.31. The fraction of sp³-hybridized carbons (Fsp3) is 0.609. The highest BCUT2D eigenvalue weighted by Crippen LogP contribution is 2.43. The van der Waals surface area contributed by atoms with Gasteiger partial charge in [0.15, 0.2) is 0 Å². The van der Waals surface area contributed by atoms with E-state index >= 15 is 0 Å². The van der Waals surface area contributed by atoms with Crippen molar-refractivity contribution in [3.8, 4) is 0 Å². The third-order valence-electron chi connectivity index (χ3n) is 5.47. The molecule has 0 radical (unpaired) electrons. The van der Waals surface area contributed by atoms with Crippen LogP contribution in [0.4, 0.5) is 0 Å². The van der Waals surface area contributed by atoms with Gasteiger partial charge >= 0.3 is 0 Å². The molecule has 6 heteroatoms. The summed E-state index contributed by atoms with van der Waals surface area (Å²) in [7, 11) is 0. The van der Waals surface area contributed by atoms with Crippen molar-refractivity contribution in [2.75, 3.05) is 5.75 Å². The smallest absolute Gasteiger partial charge is 0.126 e. The summed E-state index contributed by atoms with van der Waals surface area (Å²) in [5.74, 6) is 1.68. The van der Waals surface area contributed by atoms with Crippen molar-refractivity contribution in [2.45, 2.75) is 84.0 Å². The predicted molar refractivity (Wildman–Crippen MR) is 124 cm³/mol. The molecule has 0 saturated carbocycles. The number of hydrogen-bond donors (Lipinski definition) is 0. The number of rotatable bonds is 7. The first-order chi connectivity index (χ1) is 13.9. The first-order valence-corrected chi connectivity index (χ1v) is 12.5. The van der Waals surface area contributed by atoms with E-state index in [0.717, 1.165) is 34.0 Å². The van der Waals surface area contributed by atoms with Crippen molar-refractivity contribution >= 4 is 43.5 Å². The Kier molecular flexibility index (Phi) is 6.14. The average Bonchev–Trinajstić information content (AvgIpc) is 3.03. The molecule has 0 N–H and O–H groups in total. The number of thioether (sulfide) groups is 1. The van der Waals surface area contributed by atoms with Crippen LogP contribution in [0.25, 0.3) is 20.4 Å². The second kappa shape index (κ2) is 8.48. The van der Waals surface area contributed by atoms with E-state index in [1.165, 1.54) is 46.2 Å². The number of fused-ring (bicyclic) bond motifs is 5. The second-order valence-corrected chi connectivity index (χ2v) is 11.1. The normalized spacial score (nSPS) is 16.1. The van der Waals surface area contributed by atoms with Crippen molar-refractivity contribution in [3.63, 3.8) is 0 Å². The Balaban J connectivity index is 1.86. The lowest BCUT2D eigenvalue weighted by Crippen LogP contribution is -2.33. The van der Waals surface area contributed by atoms with Gasteiger partial charge < -0.3 is 4.74 Å². The van der Waals surface area contributed by atoms with Crippen molar-refractivity contribution in [1.82, 2.24) is 15.0 Å². The number of unbranched alkanes of at least 4 members (excludes halogenated alkanes) is 2. The van der Waals surface area contributed by atoms with E-state index in [0.29, 0.717) is 12.5 Å². The zero-order valence-corrected chi connectivity index (χ0v) is 19.8. The van der Waals surface area contributed by atoms with Gasteiger partial charge in [0.05, 0.1) is 22.4 Å². The lowest BCUT2D eigenvalue weighted by atomic mass is 9.88. The molecule has 0 aromatic carbocycles. The molecule has 3 aromatic heterocycles. The number of aromatic nitrogens is 3. The van der Waals surface area contributed by atoms with Gasteiger partial charge in [-0.15, -0.1) is 23.1 Å². The van der Waals surface area contributed by atoms with Gasteiger partial charge in [0.25, 0.3) is 0 Å². The summed E-state index contributed by atoms with van der Waals surface area (Å²) >= 11 is 3.63. The van der Waals surface area contributed by atoms with Gasteiger partial charge in [-0.3, -0.25) is 0 Å². The van der Waals surface area contributed by atoms with Crippen molar-refractivity contribution in [2.24, 2.45) is 5.92 Å². The Morgan fingerprint density at radius 1 is 1.21 bits per heavy atom. The lowest BCUT2D eigenvalue weighted by molar-refractivity contribution is -0.0402. The highest BCUT2D eigenvalue weighted by atomic mass is 32.2. The van der Waals surface area contributed by atoms with Crippen molar-refractivity contribution < 1.29 is 4.74 Å². The molecular weight excluding hydrogens is 398 g/mol. The van der Waals surface area contributed by atoms with Crippen LogP contribution >= 0.6 is 23.1 Å². The minimum Gasteiger partial charge on any atom is -0.370 e. The Morgan fingerprint density at radius 3 is 2.79 bits per heavy atom. The molecule has 3 aromatic rings. The maximum absolute atomic E-state index is 6.18. The van der Waals surface area contributed by atoms with Crippen LogP contribution in [0.5, 0.6) is 0 Å². The molecule has 0 spiro atoms. The van der Waals surface area contributed by atoms with Crippen molar-refractivity contribution in [3.05, 3.63) is 23.1 Å². The highest BCUT2D eigenvalue weighted by molar-refractivity contribution is 7.99. The molecule has 4 rings (SSSR count). The van der Waals surface area contributed by atoms with Gasteiger partial charge in [-0.05, 0) is 43.9 Å². The maximum Gasteiger partial charge on any atom is 0.126 e. The van der Waals surface area contributed by atoms with Crippen LogP contribution in [0.15, 0.2) is 11.4 Å². The van der Waals surface area contributed by atoms with Crippen LogP contribution in [0.2, 0.25) is 0 Å². The molecule has 0 unspecified atom stereocenters. The number of pyridine rings is 1. The average molecular weight is 430 g/mol. The van der Waals surface area contributed by atoms with E-state index in [1.807, 2.05) is 11.8 Å². The van der Waals surface area contributed by atoms with Gasteiger partial charge in [0.2, 0.25) is 0 Å². The molecule has 4 heterocycles. The third-order valence-corrected chi connectivity index (χ3v) is 7.75. The van der Waals surface area contributed by atoms with Crippen LogP contribution in [0.3, 0.4) is 0 Å². The lowest BCUT2D eigenvalue weighted by Gasteiger charge is -2.33. The number of ether oxygens (including phenoxy) is 1. The van der Waals surface area contributed by atoms with Crippen molar-refractivity contribution in [1.29, 1.82) is 0 Å². The molecule has 0 atom stereocenters. The van der Waals surface area contributed by atoms with E-state index in [4.69, 9.17) is 14.7 Å². The molecule has 1 aliphatic rings. The van der Waals surface area contributed by atoms with Crippen LogP contribution < -0.4 is 0 Å². The monoisotopic (exact) mass is 429 g/mol. The molecule has 0 saturated heterocycles. The first kappa shape index (κ1) is 21.0. The zero-order valence-electron chi connectivity index (χ0n) is 18.2. The summed E-state index contributed by atoms with van der Waals surface area (Å²) in [4.78, 5) is 15.6. The van der Waals surface area contributed by atoms with Gasteiger partial charge in [-0.25, -0.2) is 15.0 Å². The van der Waals surface area contributed by atoms with Crippen LogP contribution in [-0.4, -0.2) is 26.3 Å². The van der Waals surface area contributed by atoms with Crippen LogP contribution in [0, 0.1) is 5.92 Å². The molecule has 0 fully saturated rings. The van der Waals surface area contributed by atoms with Crippen LogP contribution in [-0.2, 0) is 24.2 Å². The summed E-state index contributed by atoms with van der Waals surface area (Å²) in [6, 6.07) is 0. The molecule has 4 nitrogen and oxygen atoms in total. The van der Waals surface area contributed by atoms with Gasteiger partial charge in [0, 0.05) is 23.1 Å².